The fourth-order valence-corrected chi connectivity index (χ4v) is 2.89. The van der Waals surface area contributed by atoms with E-state index in [2.05, 4.69) is 42.3 Å². The molecular weight excluding hydrogens is 286 g/mol. The molecule has 0 bridgehead atoms. The maximum Gasteiger partial charge on any atom is 0.227 e. The zero-order valence-electron chi connectivity index (χ0n) is 15.2. The van der Waals surface area contributed by atoms with E-state index in [-0.39, 0.29) is 5.91 Å². The number of nitrogens with one attached hydrogen (secondary N) is 1. The molecule has 130 valence electrons. The van der Waals surface area contributed by atoms with Crippen molar-refractivity contribution in [2.75, 3.05) is 19.6 Å². The first-order valence-electron chi connectivity index (χ1n) is 8.84. The normalized spacial score (nSPS) is 11.7. The maximum absolute atomic E-state index is 12.6. The Kier molecular flexibility index (Phi) is 8.28. The lowest BCUT2D eigenvalue weighted by Gasteiger charge is -2.29. The van der Waals surface area contributed by atoms with Crippen LogP contribution in [-0.2, 0) is 17.9 Å². The molecule has 0 spiro atoms. The van der Waals surface area contributed by atoms with Crippen molar-refractivity contribution in [2.45, 2.75) is 53.6 Å². The highest BCUT2D eigenvalue weighted by Crippen LogP contribution is 2.25. The number of carbonyl (C=O) groups is 1. The molecule has 0 aliphatic carbocycles. The van der Waals surface area contributed by atoms with E-state index in [4.69, 9.17) is 5.73 Å². The van der Waals surface area contributed by atoms with Gasteiger partial charge in [0.2, 0.25) is 5.91 Å². The number of rotatable bonds is 10. The Hall–Kier alpha value is -1.39. The van der Waals surface area contributed by atoms with Crippen molar-refractivity contribution in [3.05, 3.63) is 35.4 Å². The first-order chi connectivity index (χ1) is 11.1. The summed E-state index contributed by atoms with van der Waals surface area (Å²) in [7, 11) is 0. The van der Waals surface area contributed by atoms with Gasteiger partial charge in [-0.15, -0.1) is 0 Å². The lowest BCUT2D eigenvalue weighted by atomic mass is 9.81. The SMILES string of the molecule is CCN(CC)Cc1ccccc1CNC(=O)C(CC)(CC)CN. The molecule has 0 radical (unpaired) electrons. The fourth-order valence-electron chi connectivity index (χ4n) is 2.89. The molecule has 4 heteroatoms. The van der Waals surface area contributed by atoms with Crippen LogP contribution in [0.25, 0.3) is 0 Å². The van der Waals surface area contributed by atoms with Gasteiger partial charge in [0.25, 0.3) is 0 Å². The highest BCUT2D eigenvalue weighted by atomic mass is 16.2. The number of nitrogens with zero attached hydrogens (tertiary/aromatic N) is 1. The summed E-state index contributed by atoms with van der Waals surface area (Å²) in [6.45, 7) is 12.3. The number of carbonyl (C=O) groups excluding carboxylic acids is 1. The third kappa shape index (κ3) is 5.05. The quantitative estimate of drug-likeness (QED) is 0.697. The van der Waals surface area contributed by atoms with E-state index in [9.17, 15) is 4.79 Å². The lowest BCUT2D eigenvalue weighted by molar-refractivity contribution is -0.131. The minimum atomic E-state index is -0.437. The first kappa shape index (κ1) is 19.7. The molecule has 0 aliphatic rings. The minimum absolute atomic E-state index is 0.0719. The minimum Gasteiger partial charge on any atom is -0.351 e. The number of nitrogens with two attached hydrogens (primary N) is 1. The zero-order valence-corrected chi connectivity index (χ0v) is 15.2. The van der Waals surface area contributed by atoms with E-state index in [0.29, 0.717) is 13.1 Å². The van der Waals surface area contributed by atoms with Crippen molar-refractivity contribution in [1.29, 1.82) is 0 Å². The monoisotopic (exact) mass is 319 g/mol. The van der Waals surface area contributed by atoms with Crippen molar-refractivity contribution in [1.82, 2.24) is 10.2 Å². The fraction of sp³-hybridized carbons (Fsp3) is 0.632. The van der Waals surface area contributed by atoms with Crippen molar-refractivity contribution < 1.29 is 4.79 Å². The van der Waals surface area contributed by atoms with E-state index in [1.54, 1.807) is 0 Å². The summed E-state index contributed by atoms with van der Waals surface area (Å²) in [5.74, 6) is 0.0719. The lowest BCUT2D eigenvalue weighted by Crippen LogP contribution is -2.45. The molecule has 1 aromatic carbocycles. The van der Waals surface area contributed by atoms with E-state index < -0.39 is 5.41 Å². The van der Waals surface area contributed by atoms with Gasteiger partial charge in [-0.2, -0.15) is 0 Å². The molecule has 0 heterocycles. The van der Waals surface area contributed by atoms with E-state index in [1.807, 2.05) is 19.9 Å². The summed E-state index contributed by atoms with van der Waals surface area (Å²) in [6.07, 6.45) is 1.54. The van der Waals surface area contributed by atoms with E-state index in [1.165, 1.54) is 11.1 Å². The smallest absolute Gasteiger partial charge is 0.227 e. The molecule has 0 saturated carbocycles. The summed E-state index contributed by atoms with van der Waals surface area (Å²) >= 11 is 0. The van der Waals surface area contributed by atoms with Crippen LogP contribution in [0.4, 0.5) is 0 Å². The Bertz CT molecular complexity index is 471. The van der Waals surface area contributed by atoms with Crippen molar-refractivity contribution >= 4 is 5.91 Å². The van der Waals surface area contributed by atoms with Crippen LogP contribution in [-0.4, -0.2) is 30.4 Å². The molecule has 23 heavy (non-hydrogen) atoms. The van der Waals surface area contributed by atoms with Gasteiger partial charge in [0, 0.05) is 19.6 Å². The highest BCUT2D eigenvalue weighted by molar-refractivity contribution is 5.82. The van der Waals surface area contributed by atoms with Gasteiger partial charge >= 0.3 is 0 Å². The molecule has 0 unspecified atom stereocenters. The molecule has 4 nitrogen and oxygen atoms in total. The Balaban J connectivity index is 2.80. The number of benzene rings is 1. The van der Waals surface area contributed by atoms with E-state index in [0.717, 1.165) is 32.5 Å². The predicted molar refractivity (Wildman–Crippen MR) is 97.0 cm³/mol. The van der Waals surface area contributed by atoms with Gasteiger partial charge < -0.3 is 11.1 Å². The second-order valence-electron chi connectivity index (χ2n) is 6.10. The molecule has 0 aromatic heterocycles. The molecule has 0 fully saturated rings. The van der Waals surface area contributed by atoms with Gasteiger partial charge in [-0.25, -0.2) is 0 Å². The van der Waals surface area contributed by atoms with Crippen LogP contribution in [0.3, 0.4) is 0 Å². The number of hydrogen-bond acceptors (Lipinski definition) is 3. The molecule has 1 aromatic rings. The summed E-state index contributed by atoms with van der Waals surface area (Å²) in [5, 5.41) is 3.10. The zero-order chi connectivity index (χ0) is 17.3. The van der Waals surface area contributed by atoms with Gasteiger partial charge in [-0.1, -0.05) is 52.0 Å². The van der Waals surface area contributed by atoms with Crippen molar-refractivity contribution in [3.63, 3.8) is 0 Å². The van der Waals surface area contributed by atoms with E-state index >= 15 is 0 Å². The Morgan fingerprint density at radius 2 is 1.65 bits per heavy atom. The van der Waals surface area contributed by atoms with Gasteiger partial charge in [-0.05, 0) is 37.1 Å². The second kappa shape index (κ2) is 9.68. The highest BCUT2D eigenvalue weighted by Gasteiger charge is 2.33. The average Bonchev–Trinajstić information content (AvgIpc) is 2.60. The molecule has 0 atom stereocenters. The third-order valence-electron chi connectivity index (χ3n) is 5.07. The predicted octanol–water partition coefficient (Wildman–Crippen LogP) is 2.91. The van der Waals surface area contributed by atoms with Crippen LogP contribution < -0.4 is 11.1 Å². The third-order valence-corrected chi connectivity index (χ3v) is 5.07. The van der Waals surface area contributed by atoms with Crippen LogP contribution in [0.15, 0.2) is 24.3 Å². The first-order valence-corrected chi connectivity index (χ1v) is 8.84. The Morgan fingerprint density at radius 1 is 1.09 bits per heavy atom. The second-order valence-corrected chi connectivity index (χ2v) is 6.10. The van der Waals surface area contributed by atoms with Gasteiger partial charge in [0.15, 0.2) is 0 Å². The van der Waals surface area contributed by atoms with Crippen molar-refractivity contribution in [2.24, 2.45) is 11.1 Å². The summed E-state index contributed by atoms with van der Waals surface area (Å²) in [5.41, 5.74) is 7.89. The van der Waals surface area contributed by atoms with Gasteiger partial charge in [-0.3, -0.25) is 9.69 Å². The molecule has 1 amide bonds. The van der Waals surface area contributed by atoms with Gasteiger partial charge in [0.1, 0.15) is 0 Å². The molecule has 1 rings (SSSR count). The largest absolute Gasteiger partial charge is 0.351 e. The number of amides is 1. The van der Waals surface area contributed by atoms with Crippen molar-refractivity contribution in [3.8, 4) is 0 Å². The van der Waals surface area contributed by atoms with Crippen LogP contribution in [0.2, 0.25) is 0 Å². The molecule has 0 aliphatic heterocycles. The average molecular weight is 319 g/mol. The molecule has 0 saturated heterocycles. The van der Waals surface area contributed by atoms with Crippen LogP contribution in [0.5, 0.6) is 0 Å². The molecular formula is C19H33N3O. The van der Waals surface area contributed by atoms with Crippen LogP contribution >= 0.6 is 0 Å². The molecule has 3 N–H and O–H groups in total. The van der Waals surface area contributed by atoms with Crippen LogP contribution in [0.1, 0.15) is 51.7 Å². The Morgan fingerprint density at radius 3 is 2.13 bits per heavy atom. The summed E-state index contributed by atoms with van der Waals surface area (Å²) < 4.78 is 0. The number of hydrogen-bond donors (Lipinski definition) is 2. The summed E-state index contributed by atoms with van der Waals surface area (Å²) in [4.78, 5) is 15.0. The topological polar surface area (TPSA) is 58.4 Å². The van der Waals surface area contributed by atoms with Gasteiger partial charge in [0.05, 0.1) is 5.41 Å². The maximum atomic E-state index is 12.6. The standard InChI is InChI=1S/C19H33N3O/c1-5-19(6-2,15-20)18(23)21-13-16-11-9-10-12-17(16)14-22(7-3)8-4/h9-12H,5-8,13-15,20H2,1-4H3,(H,21,23). The van der Waals surface area contributed by atoms with Crippen LogP contribution in [0, 0.1) is 5.41 Å². The summed E-state index contributed by atoms with van der Waals surface area (Å²) in [6, 6.07) is 8.34. The Labute approximate surface area is 141 Å².